The lowest BCUT2D eigenvalue weighted by Gasteiger charge is -2.36. The standard InChI is InChI=1S/C19H26N4O2/c1-14(13-18-15(2)21-25-16(18)3)20-19(24)23-11-9-22(10-12-23)17-7-5-4-6-8-17/h4-8,14H,9-13H2,1-3H3,(H,20,24). The molecule has 6 heteroatoms. The van der Waals surface area contributed by atoms with Crippen LogP contribution in [0.5, 0.6) is 0 Å². The summed E-state index contributed by atoms with van der Waals surface area (Å²) in [6, 6.07) is 10.4. The Morgan fingerprint density at radius 2 is 1.88 bits per heavy atom. The van der Waals surface area contributed by atoms with Crippen LogP contribution in [0.2, 0.25) is 0 Å². The number of aromatic nitrogens is 1. The number of piperazine rings is 1. The normalized spacial score (nSPS) is 16.0. The highest BCUT2D eigenvalue weighted by Gasteiger charge is 2.23. The molecule has 1 aromatic heterocycles. The van der Waals surface area contributed by atoms with E-state index in [1.807, 2.05) is 43.9 Å². The van der Waals surface area contributed by atoms with Crippen LogP contribution in [0, 0.1) is 13.8 Å². The van der Waals surface area contributed by atoms with Crippen molar-refractivity contribution >= 4 is 11.7 Å². The first-order chi connectivity index (χ1) is 12.0. The molecule has 2 heterocycles. The molecule has 1 aliphatic heterocycles. The molecule has 0 spiro atoms. The van der Waals surface area contributed by atoms with Gasteiger partial charge in [-0.2, -0.15) is 0 Å². The average molecular weight is 342 g/mol. The molecule has 1 atom stereocenters. The summed E-state index contributed by atoms with van der Waals surface area (Å²) >= 11 is 0. The summed E-state index contributed by atoms with van der Waals surface area (Å²) < 4.78 is 5.19. The van der Waals surface area contributed by atoms with E-state index in [0.717, 1.165) is 49.6 Å². The highest BCUT2D eigenvalue weighted by atomic mass is 16.5. The van der Waals surface area contributed by atoms with Gasteiger partial charge in [0.15, 0.2) is 0 Å². The van der Waals surface area contributed by atoms with Crippen molar-refractivity contribution in [2.75, 3.05) is 31.1 Å². The molecule has 3 rings (SSSR count). The first kappa shape index (κ1) is 17.3. The molecule has 0 bridgehead atoms. The van der Waals surface area contributed by atoms with Gasteiger partial charge in [0.1, 0.15) is 5.76 Å². The van der Waals surface area contributed by atoms with Crippen LogP contribution >= 0.6 is 0 Å². The summed E-state index contributed by atoms with van der Waals surface area (Å²) in [7, 11) is 0. The fourth-order valence-corrected chi connectivity index (χ4v) is 3.26. The lowest BCUT2D eigenvalue weighted by Crippen LogP contribution is -2.53. The number of nitrogens with zero attached hydrogens (tertiary/aromatic N) is 3. The summed E-state index contributed by atoms with van der Waals surface area (Å²) in [5, 5.41) is 7.07. The topological polar surface area (TPSA) is 61.6 Å². The van der Waals surface area contributed by atoms with Crippen molar-refractivity contribution in [2.45, 2.75) is 33.2 Å². The summed E-state index contributed by atoms with van der Waals surface area (Å²) in [6.45, 7) is 9.04. The molecule has 0 saturated carbocycles. The van der Waals surface area contributed by atoms with Crippen molar-refractivity contribution < 1.29 is 9.32 Å². The minimum Gasteiger partial charge on any atom is -0.368 e. The number of carbonyl (C=O) groups is 1. The zero-order chi connectivity index (χ0) is 17.8. The van der Waals surface area contributed by atoms with Gasteiger partial charge >= 0.3 is 6.03 Å². The summed E-state index contributed by atoms with van der Waals surface area (Å²) in [5.41, 5.74) is 3.20. The van der Waals surface area contributed by atoms with Gasteiger partial charge in [-0.15, -0.1) is 0 Å². The van der Waals surface area contributed by atoms with E-state index < -0.39 is 0 Å². The second-order valence-corrected chi connectivity index (χ2v) is 6.67. The van der Waals surface area contributed by atoms with Gasteiger partial charge in [-0.05, 0) is 39.3 Å². The number of para-hydroxylation sites is 1. The van der Waals surface area contributed by atoms with E-state index in [1.165, 1.54) is 5.69 Å². The van der Waals surface area contributed by atoms with Crippen molar-refractivity contribution in [3.8, 4) is 0 Å². The highest BCUT2D eigenvalue weighted by Crippen LogP contribution is 2.16. The van der Waals surface area contributed by atoms with Crippen molar-refractivity contribution in [3.05, 3.63) is 47.3 Å². The minimum absolute atomic E-state index is 0.00646. The van der Waals surface area contributed by atoms with Crippen molar-refractivity contribution in [3.63, 3.8) is 0 Å². The predicted molar refractivity (Wildman–Crippen MR) is 97.9 cm³/mol. The number of anilines is 1. The third-order valence-electron chi connectivity index (χ3n) is 4.75. The molecule has 1 unspecified atom stereocenters. The van der Waals surface area contributed by atoms with Gasteiger partial charge in [0, 0.05) is 43.5 Å². The molecular weight excluding hydrogens is 316 g/mol. The van der Waals surface area contributed by atoms with E-state index in [9.17, 15) is 4.79 Å². The Morgan fingerprint density at radius 3 is 2.48 bits per heavy atom. The van der Waals surface area contributed by atoms with Crippen LogP contribution in [0.3, 0.4) is 0 Å². The number of aryl methyl sites for hydroxylation is 2. The Morgan fingerprint density at radius 1 is 1.20 bits per heavy atom. The van der Waals surface area contributed by atoms with E-state index in [-0.39, 0.29) is 12.1 Å². The number of urea groups is 1. The largest absolute Gasteiger partial charge is 0.368 e. The number of hydrogen-bond acceptors (Lipinski definition) is 4. The molecular formula is C19H26N4O2. The van der Waals surface area contributed by atoms with Crippen molar-refractivity contribution in [1.82, 2.24) is 15.4 Å². The van der Waals surface area contributed by atoms with Crippen LogP contribution in [0.1, 0.15) is 23.9 Å². The van der Waals surface area contributed by atoms with Gasteiger partial charge < -0.3 is 19.6 Å². The molecule has 2 amide bonds. The highest BCUT2D eigenvalue weighted by molar-refractivity contribution is 5.75. The second-order valence-electron chi connectivity index (χ2n) is 6.67. The SMILES string of the molecule is Cc1noc(C)c1CC(C)NC(=O)N1CCN(c2ccccc2)CC1. The molecule has 0 aliphatic carbocycles. The Hall–Kier alpha value is -2.50. The molecule has 1 N–H and O–H groups in total. The van der Waals surface area contributed by atoms with Gasteiger partial charge in [-0.1, -0.05) is 23.4 Å². The number of hydrogen-bond donors (Lipinski definition) is 1. The molecule has 1 aliphatic rings. The van der Waals surface area contributed by atoms with E-state index in [0.29, 0.717) is 0 Å². The van der Waals surface area contributed by atoms with Gasteiger partial charge in [-0.3, -0.25) is 0 Å². The Bertz CT molecular complexity index is 686. The zero-order valence-corrected chi connectivity index (χ0v) is 15.2. The molecule has 2 aromatic rings. The number of amides is 2. The number of nitrogens with one attached hydrogen (secondary N) is 1. The first-order valence-electron chi connectivity index (χ1n) is 8.82. The smallest absolute Gasteiger partial charge is 0.317 e. The van der Waals surface area contributed by atoms with E-state index in [1.54, 1.807) is 0 Å². The number of benzene rings is 1. The zero-order valence-electron chi connectivity index (χ0n) is 15.2. The fourth-order valence-electron chi connectivity index (χ4n) is 3.26. The van der Waals surface area contributed by atoms with Crippen LogP contribution in [0.4, 0.5) is 10.5 Å². The van der Waals surface area contributed by atoms with Crippen LogP contribution in [-0.4, -0.2) is 48.3 Å². The molecule has 1 fully saturated rings. The first-order valence-corrected chi connectivity index (χ1v) is 8.82. The van der Waals surface area contributed by atoms with E-state index >= 15 is 0 Å². The van der Waals surface area contributed by atoms with Crippen LogP contribution in [0.25, 0.3) is 0 Å². The summed E-state index contributed by atoms with van der Waals surface area (Å²) in [4.78, 5) is 16.7. The van der Waals surface area contributed by atoms with E-state index in [4.69, 9.17) is 4.52 Å². The monoisotopic (exact) mass is 342 g/mol. The summed E-state index contributed by atoms with van der Waals surface area (Å²) in [5.74, 6) is 0.829. The molecule has 134 valence electrons. The maximum atomic E-state index is 12.5. The quantitative estimate of drug-likeness (QED) is 0.928. The third kappa shape index (κ3) is 4.13. The van der Waals surface area contributed by atoms with Crippen LogP contribution in [-0.2, 0) is 6.42 Å². The lowest BCUT2D eigenvalue weighted by atomic mass is 10.1. The Labute approximate surface area is 148 Å². The fraction of sp³-hybridized carbons (Fsp3) is 0.474. The molecule has 25 heavy (non-hydrogen) atoms. The van der Waals surface area contributed by atoms with E-state index in [2.05, 4.69) is 27.5 Å². The summed E-state index contributed by atoms with van der Waals surface area (Å²) in [6.07, 6.45) is 0.733. The molecule has 1 saturated heterocycles. The van der Waals surface area contributed by atoms with Gasteiger partial charge in [-0.25, -0.2) is 4.79 Å². The number of rotatable bonds is 4. The lowest BCUT2D eigenvalue weighted by molar-refractivity contribution is 0.191. The maximum absolute atomic E-state index is 12.5. The average Bonchev–Trinajstić information content (AvgIpc) is 2.94. The number of carbonyl (C=O) groups excluding carboxylic acids is 1. The van der Waals surface area contributed by atoms with Crippen LogP contribution in [0.15, 0.2) is 34.9 Å². The third-order valence-corrected chi connectivity index (χ3v) is 4.75. The predicted octanol–water partition coefficient (Wildman–Crippen LogP) is 2.75. The second kappa shape index (κ2) is 7.59. The Balaban J connectivity index is 1.49. The van der Waals surface area contributed by atoms with Gasteiger partial charge in [0.05, 0.1) is 5.69 Å². The Kier molecular flexibility index (Phi) is 5.26. The van der Waals surface area contributed by atoms with Crippen molar-refractivity contribution in [2.24, 2.45) is 0 Å². The van der Waals surface area contributed by atoms with Crippen molar-refractivity contribution in [1.29, 1.82) is 0 Å². The van der Waals surface area contributed by atoms with Gasteiger partial charge in [0.25, 0.3) is 0 Å². The minimum atomic E-state index is 0.00646. The maximum Gasteiger partial charge on any atom is 0.317 e. The van der Waals surface area contributed by atoms with Crippen LogP contribution < -0.4 is 10.2 Å². The van der Waals surface area contributed by atoms with Gasteiger partial charge in [0.2, 0.25) is 0 Å². The molecule has 6 nitrogen and oxygen atoms in total. The molecule has 1 aromatic carbocycles. The molecule has 0 radical (unpaired) electrons.